The van der Waals surface area contributed by atoms with E-state index in [4.69, 9.17) is 0 Å². The zero-order chi connectivity index (χ0) is 11.7. The van der Waals surface area contributed by atoms with Crippen molar-refractivity contribution in [2.45, 2.75) is 37.8 Å². The molecule has 1 atom stereocenters. The number of urea groups is 1. The highest BCUT2D eigenvalue weighted by molar-refractivity contribution is 6.06. The van der Waals surface area contributed by atoms with Crippen molar-refractivity contribution >= 4 is 17.8 Å². The zero-order valence-corrected chi connectivity index (χ0v) is 9.16. The number of carbonyl (C=O) groups excluding carboxylic acids is 3. The molecule has 0 radical (unpaired) electrons. The summed E-state index contributed by atoms with van der Waals surface area (Å²) in [6, 6.07) is -0.825. The Hall–Kier alpha value is -1.59. The average Bonchev–Trinajstić information content (AvgIpc) is 2.40. The molecule has 6 heteroatoms. The summed E-state index contributed by atoms with van der Waals surface area (Å²) in [6.07, 6.45) is 3.18. The first-order chi connectivity index (χ1) is 7.58. The minimum Gasteiger partial charge on any atom is -0.335 e. The summed E-state index contributed by atoms with van der Waals surface area (Å²) in [5.41, 5.74) is 0. The third-order valence-electron chi connectivity index (χ3n) is 3.13. The highest BCUT2D eigenvalue weighted by Gasteiger charge is 2.37. The summed E-state index contributed by atoms with van der Waals surface area (Å²) >= 11 is 0. The molecule has 2 rings (SSSR count). The molecule has 16 heavy (non-hydrogen) atoms. The topological polar surface area (TPSA) is 78.5 Å². The average molecular weight is 225 g/mol. The zero-order valence-electron chi connectivity index (χ0n) is 9.16. The van der Waals surface area contributed by atoms with Crippen molar-refractivity contribution in [1.29, 1.82) is 0 Å². The number of likely N-dealkylation sites (tertiary alicyclic amines) is 1. The van der Waals surface area contributed by atoms with Crippen LogP contribution in [0.25, 0.3) is 0 Å². The Morgan fingerprint density at radius 2 is 2.00 bits per heavy atom. The van der Waals surface area contributed by atoms with E-state index in [1.54, 1.807) is 0 Å². The van der Waals surface area contributed by atoms with Gasteiger partial charge in [0.25, 0.3) is 5.91 Å². The van der Waals surface area contributed by atoms with E-state index in [-0.39, 0.29) is 30.3 Å². The van der Waals surface area contributed by atoms with Crippen molar-refractivity contribution in [3.8, 4) is 0 Å². The van der Waals surface area contributed by atoms with Gasteiger partial charge in [0.2, 0.25) is 5.91 Å². The molecule has 1 saturated carbocycles. The van der Waals surface area contributed by atoms with Crippen LogP contribution in [0, 0.1) is 0 Å². The third-order valence-corrected chi connectivity index (χ3v) is 3.13. The third kappa shape index (κ3) is 2.00. The lowest BCUT2D eigenvalue weighted by molar-refractivity contribution is -0.137. The number of nitrogens with one attached hydrogen (secondary N) is 2. The van der Waals surface area contributed by atoms with Crippen molar-refractivity contribution < 1.29 is 14.4 Å². The standard InChI is InChI=1S/C10H15N3O3/c1-13-8(14)5-7(9(13)15)12-10(16)11-6-3-2-4-6/h6-7H,2-5H2,1H3,(H2,11,12,16). The largest absolute Gasteiger partial charge is 0.335 e. The molecule has 4 amide bonds. The van der Waals surface area contributed by atoms with Crippen LogP contribution in [0.1, 0.15) is 25.7 Å². The SMILES string of the molecule is CN1C(=O)CC(NC(=O)NC2CCC2)C1=O. The number of carbonyl (C=O) groups is 3. The van der Waals surface area contributed by atoms with Gasteiger partial charge in [0.1, 0.15) is 6.04 Å². The van der Waals surface area contributed by atoms with Gasteiger partial charge in [0.05, 0.1) is 6.42 Å². The highest BCUT2D eigenvalue weighted by Crippen LogP contribution is 2.18. The smallest absolute Gasteiger partial charge is 0.315 e. The van der Waals surface area contributed by atoms with Crippen molar-refractivity contribution in [1.82, 2.24) is 15.5 Å². The van der Waals surface area contributed by atoms with Crippen LogP contribution in [0.5, 0.6) is 0 Å². The maximum absolute atomic E-state index is 11.5. The fourth-order valence-electron chi connectivity index (χ4n) is 1.81. The summed E-state index contributed by atoms with van der Waals surface area (Å²) in [7, 11) is 1.43. The van der Waals surface area contributed by atoms with Crippen molar-refractivity contribution in [3.63, 3.8) is 0 Å². The predicted molar refractivity (Wildman–Crippen MR) is 55.5 cm³/mol. The number of amides is 4. The number of imide groups is 1. The number of hydrogen-bond acceptors (Lipinski definition) is 3. The second kappa shape index (κ2) is 4.11. The fourth-order valence-corrected chi connectivity index (χ4v) is 1.81. The number of hydrogen-bond donors (Lipinski definition) is 2. The molecule has 0 spiro atoms. The van der Waals surface area contributed by atoms with Gasteiger partial charge in [-0.2, -0.15) is 0 Å². The molecule has 2 N–H and O–H groups in total. The molecule has 88 valence electrons. The van der Waals surface area contributed by atoms with E-state index >= 15 is 0 Å². The molecule has 2 fully saturated rings. The van der Waals surface area contributed by atoms with E-state index in [0.717, 1.165) is 24.2 Å². The molecule has 1 heterocycles. The van der Waals surface area contributed by atoms with Gasteiger partial charge in [0, 0.05) is 13.1 Å². The minimum absolute atomic E-state index is 0.0629. The highest BCUT2D eigenvalue weighted by atomic mass is 16.2. The minimum atomic E-state index is -0.697. The van der Waals surface area contributed by atoms with Gasteiger partial charge in [-0.1, -0.05) is 0 Å². The molecule has 1 unspecified atom stereocenters. The summed E-state index contributed by atoms with van der Waals surface area (Å²) < 4.78 is 0. The molecule has 2 aliphatic rings. The van der Waals surface area contributed by atoms with E-state index in [0.29, 0.717) is 0 Å². The molecule has 1 aliphatic heterocycles. The Kier molecular flexibility index (Phi) is 2.80. The van der Waals surface area contributed by atoms with E-state index in [1.807, 2.05) is 0 Å². The first-order valence-electron chi connectivity index (χ1n) is 5.45. The maximum Gasteiger partial charge on any atom is 0.315 e. The lowest BCUT2D eigenvalue weighted by Crippen LogP contribution is -2.50. The van der Waals surface area contributed by atoms with Crippen LogP contribution in [0.2, 0.25) is 0 Å². The predicted octanol–water partition coefficient (Wildman–Crippen LogP) is -0.405. The van der Waals surface area contributed by atoms with Gasteiger partial charge >= 0.3 is 6.03 Å². The second-order valence-electron chi connectivity index (χ2n) is 4.29. The molecule has 0 aromatic carbocycles. The molecule has 0 aromatic heterocycles. The quantitative estimate of drug-likeness (QED) is 0.627. The van der Waals surface area contributed by atoms with Crippen LogP contribution in [0.3, 0.4) is 0 Å². The lowest BCUT2D eigenvalue weighted by Gasteiger charge is -2.26. The van der Waals surface area contributed by atoms with E-state index in [9.17, 15) is 14.4 Å². The fraction of sp³-hybridized carbons (Fsp3) is 0.700. The first-order valence-corrected chi connectivity index (χ1v) is 5.45. The van der Waals surface area contributed by atoms with Gasteiger partial charge in [0.15, 0.2) is 0 Å². The van der Waals surface area contributed by atoms with Gasteiger partial charge in [-0.3, -0.25) is 14.5 Å². The summed E-state index contributed by atoms with van der Waals surface area (Å²) in [4.78, 5) is 35.2. The summed E-state index contributed by atoms with van der Waals surface area (Å²) in [5.74, 6) is -0.590. The summed E-state index contributed by atoms with van der Waals surface area (Å²) in [6.45, 7) is 0. The van der Waals surface area contributed by atoms with Gasteiger partial charge in [-0.05, 0) is 19.3 Å². The normalized spacial score (nSPS) is 25.6. The van der Waals surface area contributed by atoms with Crippen LogP contribution in [-0.2, 0) is 9.59 Å². The summed E-state index contributed by atoms with van der Waals surface area (Å²) in [5, 5.41) is 5.29. The molecule has 6 nitrogen and oxygen atoms in total. The molecular weight excluding hydrogens is 210 g/mol. The van der Waals surface area contributed by atoms with Crippen molar-refractivity contribution in [2.24, 2.45) is 0 Å². The number of rotatable bonds is 2. The Morgan fingerprint density at radius 3 is 2.44 bits per heavy atom. The van der Waals surface area contributed by atoms with E-state index < -0.39 is 6.04 Å². The first kappa shape index (κ1) is 10.9. The molecule has 0 bridgehead atoms. The Labute approximate surface area is 93.4 Å². The van der Waals surface area contributed by atoms with E-state index in [1.165, 1.54) is 7.05 Å². The second-order valence-corrected chi connectivity index (χ2v) is 4.29. The van der Waals surface area contributed by atoms with E-state index in [2.05, 4.69) is 10.6 Å². The lowest BCUT2D eigenvalue weighted by atomic mass is 9.93. The Bertz CT molecular complexity index is 338. The maximum atomic E-state index is 11.5. The molecular formula is C10H15N3O3. The van der Waals surface area contributed by atoms with Gasteiger partial charge < -0.3 is 10.6 Å². The van der Waals surface area contributed by atoms with Gasteiger partial charge in [-0.25, -0.2) is 4.79 Å². The molecule has 1 saturated heterocycles. The van der Waals surface area contributed by atoms with Crippen LogP contribution >= 0.6 is 0 Å². The molecule has 0 aromatic rings. The van der Waals surface area contributed by atoms with Crippen molar-refractivity contribution in [3.05, 3.63) is 0 Å². The van der Waals surface area contributed by atoms with Crippen LogP contribution in [0.15, 0.2) is 0 Å². The van der Waals surface area contributed by atoms with Gasteiger partial charge in [-0.15, -0.1) is 0 Å². The van der Waals surface area contributed by atoms with Crippen LogP contribution in [0.4, 0.5) is 4.79 Å². The van der Waals surface area contributed by atoms with Crippen LogP contribution in [-0.4, -0.2) is 41.9 Å². The number of nitrogens with zero attached hydrogens (tertiary/aromatic N) is 1. The van der Waals surface area contributed by atoms with Crippen LogP contribution < -0.4 is 10.6 Å². The Morgan fingerprint density at radius 1 is 1.31 bits per heavy atom. The Balaban J connectivity index is 1.82. The molecule has 1 aliphatic carbocycles. The monoisotopic (exact) mass is 225 g/mol. The van der Waals surface area contributed by atoms with Crippen molar-refractivity contribution in [2.75, 3.05) is 7.05 Å². The number of likely N-dealkylation sites (N-methyl/N-ethyl adjacent to an activating group) is 1.